The zero-order chi connectivity index (χ0) is 16.7. The summed E-state index contributed by atoms with van der Waals surface area (Å²) < 4.78 is 5.75. The predicted octanol–water partition coefficient (Wildman–Crippen LogP) is 1.47. The van der Waals surface area contributed by atoms with Crippen LogP contribution in [0.15, 0.2) is 30.5 Å². The SMILES string of the molecule is COC(=O)Nc1cn(CC(=O)NCCc2ccc(Cl)cc2)nn1. The highest BCUT2D eigenvalue weighted by atomic mass is 35.5. The van der Waals surface area contributed by atoms with E-state index in [1.165, 1.54) is 18.0 Å². The van der Waals surface area contributed by atoms with Crippen LogP contribution in [0, 0.1) is 0 Å². The first-order valence-electron chi connectivity index (χ1n) is 6.83. The molecule has 23 heavy (non-hydrogen) atoms. The predicted molar refractivity (Wildman–Crippen MR) is 84.2 cm³/mol. The molecular formula is C14H16ClN5O3. The number of carbonyl (C=O) groups is 2. The van der Waals surface area contributed by atoms with E-state index in [0.29, 0.717) is 18.0 Å². The van der Waals surface area contributed by atoms with Crippen molar-refractivity contribution in [1.82, 2.24) is 20.3 Å². The lowest BCUT2D eigenvalue weighted by Gasteiger charge is -2.05. The minimum Gasteiger partial charge on any atom is -0.453 e. The summed E-state index contributed by atoms with van der Waals surface area (Å²) in [6.45, 7) is 0.513. The fraction of sp³-hybridized carbons (Fsp3) is 0.286. The summed E-state index contributed by atoms with van der Waals surface area (Å²) in [6.07, 6.45) is 1.50. The van der Waals surface area contributed by atoms with E-state index in [1.54, 1.807) is 0 Å². The Morgan fingerprint density at radius 2 is 2.04 bits per heavy atom. The van der Waals surface area contributed by atoms with Crippen LogP contribution >= 0.6 is 11.6 Å². The van der Waals surface area contributed by atoms with E-state index in [1.807, 2.05) is 24.3 Å². The number of aromatic nitrogens is 3. The number of hydrogen-bond acceptors (Lipinski definition) is 5. The van der Waals surface area contributed by atoms with Crippen molar-refractivity contribution in [2.75, 3.05) is 19.0 Å². The molecule has 1 aromatic carbocycles. The lowest BCUT2D eigenvalue weighted by molar-refractivity contribution is -0.121. The molecule has 0 unspecified atom stereocenters. The molecule has 0 bridgehead atoms. The van der Waals surface area contributed by atoms with Crippen LogP contribution in [0.25, 0.3) is 0 Å². The highest BCUT2D eigenvalue weighted by Gasteiger charge is 2.08. The molecule has 122 valence electrons. The number of hydrogen-bond donors (Lipinski definition) is 2. The highest BCUT2D eigenvalue weighted by Crippen LogP contribution is 2.09. The summed E-state index contributed by atoms with van der Waals surface area (Å²) in [5.41, 5.74) is 1.08. The Labute approximate surface area is 137 Å². The van der Waals surface area contributed by atoms with Gasteiger partial charge in [0.2, 0.25) is 5.91 Å². The smallest absolute Gasteiger partial charge is 0.412 e. The fourth-order valence-electron chi connectivity index (χ4n) is 1.79. The number of nitrogens with zero attached hydrogens (tertiary/aromatic N) is 3. The van der Waals surface area contributed by atoms with E-state index in [0.717, 1.165) is 5.56 Å². The molecule has 8 nitrogen and oxygen atoms in total. The van der Waals surface area contributed by atoms with Gasteiger partial charge >= 0.3 is 6.09 Å². The number of carbonyl (C=O) groups excluding carboxylic acids is 2. The number of rotatable bonds is 6. The maximum atomic E-state index is 11.8. The van der Waals surface area contributed by atoms with Gasteiger partial charge in [0.15, 0.2) is 5.82 Å². The van der Waals surface area contributed by atoms with Gasteiger partial charge in [-0.05, 0) is 24.1 Å². The highest BCUT2D eigenvalue weighted by molar-refractivity contribution is 6.30. The van der Waals surface area contributed by atoms with Gasteiger partial charge in [-0.15, -0.1) is 5.10 Å². The lowest BCUT2D eigenvalue weighted by atomic mass is 10.1. The van der Waals surface area contributed by atoms with Gasteiger partial charge in [0.05, 0.1) is 13.3 Å². The molecule has 0 fully saturated rings. The van der Waals surface area contributed by atoms with Crippen LogP contribution in [0.4, 0.5) is 10.6 Å². The number of amides is 2. The summed E-state index contributed by atoms with van der Waals surface area (Å²) in [4.78, 5) is 22.8. The quantitative estimate of drug-likeness (QED) is 0.831. The van der Waals surface area contributed by atoms with Crippen molar-refractivity contribution in [3.63, 3.8) is 0 Å². The summed E-state index contributed by atoms with van der Waals surface area (Å²) in [7, 11) is 1.24. The van der Waals surface area contributed by atoms with E-state index in [4.69, 9.17) is 11.6 Å². The summed E-state index contributed by atoms with van der Waals surface area (Å²) >= 11 is 5.81. The van der Waals surface area contributed by atoms with Crippen molar-refractivity contribution in [2.45, 2.75) is 13.0 Å². The topological polar surface area (TPSA) is 98.1 Å². The third-order valence-corrected chi connectivity index (χ3v) is 3.16. The van der Waals surface area contributed by atoms with Crippen molar-refractivity contribution in [1.29, 1.82) is 0 Å². The third-order valence-electron chi connectivity index (χ3n) is 2.91. The van der Waals surface area contributed by atoms with Gasteiger partial charge in [-0.2, -0.15) is 0 Å². The largest absolute Gasteiger partial charge is 0.453 e. The molecule has 2 amide bonds. The maximum absolute atomic E-state index is 11.8. The van der Waals surface area contributed by atoms with E-state index in [9.17, 15) is 9.59 Å². The van der Waals surface area contributed by atoms with Gasteiger partial charge in [-0.3, -0.25) is 10.1 Å². The average Bonchev–Trinajstić information content (AvgIpc) is 2.96. The lowest BCUT2D eigenvalue weighted by Crippen LogP contribution is -2.29. The second kappa shape index (κ2) is 8.14. The molecule has 0 atom stereocenters. The van der Waals surface area contributed by atoms with Crippen LogP contribution in [-0.4, -0.2) is 40.6 Å². The zero-order valence-corrected chi connectivity index (χ0v) is 13.2. The first kappa shape index (κ1) is 16.8. The molecular weight excluding hydrogens is 322 g/mol. The number of methoxy groups -OCH3 is 1. The molecule has 0 saturated carbocycles. The van der Waals surface area contributed by atoms with Crippen molar-refractivity contribution in [2.24, 2.45) is 0 Å². The Morgan fingerprint density at radius 1 is 1.30 bits per heavy atom. The van der Waals surface area contributed by atoms with Crippen LogP contribution in [0.2, 0.25) is 5.02 Å². The number of ether oxygens (including phenoxy) is 1. The summed E-state index contributed by atoms with van der Waals surface area (Å²) in [5, 5.41) is 13.3. The van der Waals surface area contributed by atoms with E-state index in [-0.39, 0.29) is 18.3 Å². The van der Waals surface area contributed by atoms with Gasteiger partial charge < -0.3 is 10.1 Å². The van der Waals surface area contributed by atoms with Crippen LogP contribution in [0.1, 0.15) is 5.56 Å². The Bertz CT molecular complexity index is 671. The second-order valence-corrected chi connectivity index (χ2v) is 5.08. The molecule has 2 aromatic rings. The molecule has 1 heterocycles. The molecule has 0 aliphatic rings. The van der Waals surface area contributed by atoms with E-state index >= 15 is 0 Å². The number of halogens is 1. The van der Waals surface area contributed by atoms with E-state index in [2.05, 4.69) is 25.7 Å². The van der Waals surface area contributed by atoms with Crippen LogP contribution in [0.5, 0.6) is 0 Å². The van der Waals surface area contributed by atoms with Crippen molar-refractivity contribution in [3.8, 4) is 0 Å². The van der Waals surface area contributed by atoms with Gasteiger partial charge in [-0.25, -0.2) is 9.48 Å². The molecule has 0 aliphatic carbocycles. The fourth-order valence-corrected chi connectivity index (χ4v) is 1.91. The summed E-state index contributed by atoms with van der Waals surface area (Å²) in [5.74, 6) is 0.0132. The minimum absolute atomic E-state index is 0.0104. The van der Waals surface area contributed by atoms with Crippen molar-refractivity contribution in [3.05, 3.63) is 41.0 Å². The Kier molecular flexibility index (Phi) is 5.93. The molecule has 9 heteroatoms. The van der Waals surface area contributed by atoms with Crippen molar-refractivity contribution >= 4 is 29.4 Å². The Balaban J connectivity index is 1.74. The maximum Gasteiger partial charge on any atom is 0.412 e. The second-order valence-electron chi connectivity index (χ2n) is 4.64. The minimum atomic E-state index is -0.649. The Morgan fingerprint density at radius 3 is 2.74 bits per heavy atom. The number of anilines is 1. The molecule has 2 rings (SSSR count). The van der Waals surface area contributed by atoms with Crippen LogP contribution in [0.3, 0.4) is 0 Å². The summed E-state index contributed by atoms with van der Waals surface area (Å²) in [6, 6.07) is 7.45. The monoisotopic (exact) mass is 337 g/mol. The molecule has 2 N–H and O–H groups in total. The normalized spacial score (nSPS) is 10.2. The van der Waals surface area contributed by atoms with Gasteiger partial charge in [0.25, 0.3) is 0 Å². The van der Waals surface area contributed by atoms with Gasteiger partial charge in [0, 0.05) is 11.6 Å². The van der Waals surface area contributed by atoms with Crippen LogP contribution in [-0.2, 0) is 22.5 Å². The average molecular weight is 338 g/mol. The Hall–Kier alpha value is -2.61. The van der Waals surface area contributed by atoms with Crippen LogP contribution < -0.4 is 10.6 Å². The van der Waals surface area contributed by atoms with E-state index < -0.39 is 6.09 Å². The number of benzene rings is 1. The van der Waals surface area contributed by atoms with Gasteiger partial charge in [0.1, 0.15) is 6.54 Å². The molecule has 1 aromatic heterocycles. The molecule has 0 spiro atoms. The third kappa shape index (κ3) is 5.59. The molecule has 0 radical (unpaired) electrons. The first-order valence-corrected chi connectivity index (χ1v) is 7.21. The zero-order valence-electron chi connectivity index (χ0n) is 12.5. The first-order chi connectivity index (χ1) is 11.1. The molecule has 0 saturated heterocycles. The van der Waals surface area contributed by atoms with Crippen molar-refractivity contribution < 1.29 is 14.3 Å². The molecule has 0 aliphatic heterocycles. The van der Waals surface area contributed by atoms with Gasteiger partial charge in [-0.1, -0.05) is 28.9 Å². The standard InChI is InChI=1S/C14H16ClN5O3/c1-23-14(22)17-12-8-20(19-18-12)9-13(21)16-7-6-10-2-4-11(15)5-3-10/h2-5,8H,6-7,9H2,1H3,(H,16,21)(H,17,22). The number of nitrogens with one attached hydrogen (secondary N) is 2.